The first kappa shape index (κ1) is 18.0. The number of carbonyl (C=O) groups is 2. The summed E-state index contributed by atoms with van der Waals surface area (Å²) in [5.41, 5.74) is -0.00813. The highest BCUT2D eigenvalue weighted by molar-refractivity contribution is 7.12. The van der Waals surface area contributed by atoms with Gasteiger partial charge in [0.25, 0.3) is 0 Å². The number of methoxy groups -OCH3 is 1. The van der Waals surface area contributed by atoms with Crippen molar-refractivity contribution in [1.82, 2.24) is 5.32 Å². The number of halogens is 2. The van der Waals surface area contributed by atoms with Crippen LogP contribution in [0.1, 0.15) is 15.9 Å². The molecule has 0 spiro atoms. The van der Waals surface area contributed by atoms with Gasteiger partial charge in [0, 0.05) is 35.2 Å². The number of amides is 2. The Balaban J connectivity index is 1.91. The van der Waals surface area contributed by atoms with Gasteiger partial charge in [0.15, 0.2) is 11.6 Å². The second-order valence-corrected chi connectivity index (χ2v) is 6.29. The molecule has 1 heterocycles. The summed E-state index contributed by atoms with van der Waals surface area (Å²) in [6, 6.07) is 6.65. The fraction of sp³-hybridized carbons (Fsp3) is 0.250. The predicted molar refractivity (Wildman–Crippen MR) is 86.8 cm³/mol. The third-order valence-electron chi connectivity index (χ3n) is 3.19. The van der Waals surface area contributed by atoms with Gasteiger partial charge in [-0.25, -0.2) is 8.78 Å². The van der Waals surface area contributed by atoms with E-state index in [0.29, 0.717) is 0 Å². The Bertz CT molecular complexity index is 749. The van der Waals surface area contributed by atoms with Gasteiger partial charge in [0.1, 0.15) is 6.10 Å². The van der Waals surface area contributed by atoms with Gasteiger partial charge >= 0.3 is 11.8 Å². The summed E-state index contributed by atoms with van der Waals surface area (Å²) in [5, 5.41) is 4.65. The van der Waals surface area contributed by atoms with Crippen molar-refractivity contribution in [3.05, 3.63) is 51.7 Å². The van der Waals surface area contributed by atoms with E-state index in [2.05, 4.69) is 10.6 Å². The number of ether oxygens (including phenoxy) is 1. The number of aryl methyl sites for hydroxylation is 1. The molecule has 0 bridgehead atoms. The lowest BCUT2D eigenvalue weighted by Gasteiger charge is -2.14. The Morgan fingerprint density at radius 1 is 1.17 bits per heavy atom. The first-order valence-corrected chi connectivity index (χ1v) is 7.85. The van der Waals surface area contributed by atoms with Crippen LogP contribution in [0.5, 0.6) is 0 Å². The van der Waals surface area contributed by atoms with E-state index in [0.717, 1.165) is 28.0 Å². The summed E-state index contributed by atoms with van der Waals surface area (Å²) >= 11 is 1.53. The molecule has 5 nitrogen and oxygen atoms in total. The number of nitrogens with one attached hydrogen (secondary N) is 2. The van der Waals surface area contributed by atoms with Crippen molar-refractivity contribution in [3.63, 3.8) is 0 Å². The normalized spacial score (nSPS) is 11.8. The lowest BCUT2D eigenvalue weighted by Crippen LogP contribution is -2.37. The molecule has 1 aromatic heterocycles. The molecule has 2 amide bonds. The number of anilines is 1. The number of hydrogen-bond donors (Lipinski definition) is 2. The van der Waals surface area contributed by atoms with Gasteiger partial charge in [-0.05, 0) is 31.2 Å². The fourth-order valence-electron chi connectivity index (χ4n) is 1.95. The summed E-state index contributed by atoms with van der Waals surface area (Å²) in [4.78, 5) is 25.6. The van der Waals surface area contributed by atoms with Crippen LogP contribution in [0.2, 0.25) is 0 Å². The zero-order chi connectivity index (χ0) is 17.7. The lowest BCUT2D eigenvalue weighted by atomic mass is 10.2. The van der Waals surface area contributed by atoms with Crippen LogP contribution >= 0.6 is 11.3 Å². The standard InChI is InChI=1S/C16H16F2N2O3S/c1-9-3-6-14(24-9)13(23-2)8-19-15(21)16(22)20-10-4-5-11(17)12(18)7-10/h3-7,13H,8H2,1-2H3,(H,19,21)(H,20,22). The van der Waals surface area contributed by atoms with Gasteiger partial charge in [-0.1, -0.05) is 0 Å². The van der Waals surface area contributed by atoms with Gasteiger partial charge in [-0.3, -0.25) is 9.59 Å². The van der Waals surface area contributed by atoms with Crippen LogP contribution in [-0.4, -0.2) is 25.5 Å². The minimum atomic E-state index is -1.11. The van der Waals surface area contributed by atoms with E-state index in [1.54, 1.807) is 0 Å². The monoisotopic (exact) mass is 354 g/mol. The van der Waals surface area contributed by atoms with Crippen LogP contribution < -0.4 is 10.6 Å². The van der Waals surface area contributed by atoms with Crippen LogP contribution in [0.3, 0.4) is 0 Å². The van der Waals surface area contributed by atoms with Crippen molar-refractivity contribution in [1.29, 1.82) is 0 Å². The Hall–Kier alpha value is -2.32. The molecule has 0 aliphatic heterocycles. The molecule has 2 N–H and O–H groups in total. The van der Waals surface area contributed by atoms with Crippen LogP contribution in [-0.2, 0) is 14.3 Å². The zero-order valence-corrected chi connectivity index (χ0v) is 13.9. The topological polar surface area (TPSA) is 67.4 Å². The molecule has 1 aromatic carbocycles. The van der Waals surface area contributed by atoms with Crippen LogP contribution in [0.15, 0.2) is 30.3 Å². The molecular formula is C16H16F2N2O3S. The molecule has 1 atom stereocenters. The van der Waals surface area contributed by atoms with Gasteiger partial charge in [0.05, 0.1) is 0 Å². The lowest BCUT2D eigenvalue weighted by molar-refractivity contribution is -0.136. The average Bonchev–Trinajstić information content (AvgIpc) is 2.97. The van der Waals surface area contributed by atoms with Crippen molar-refractivity contribution in [2.24, 2.45) is 0 Å². The number of hydrogen-bond acceptors (Lipinski definition) is 4. The summed E-state index contributed by atoms with van der Waals surface area (Å²) in [7, 11) is 1.51. The minimum absolute atomic E-state index is 0.00813. The van der Waals surface area contributed by atoms with Gasteiger partial charge in [-0.2, -0.15) is 0 Å². The summed E-state index contributed by atoms with van der Waals surface area (Å²) < 4.78 is 31.2. The van der Waals surface area contributed by atoms with E-state index < -0.39 is 23.4 Å². The molecule has 0 aliphatic rings. The Kier molecular flexibility index (Phi) is 5.99. The quantitative estimate of drug-likeness (QED) is 0.812. The van der Waals surface area contributed by atoms with E-state index >= 15 is 0 Å². The number of thiophene rings is 1. The highest BCUT2D eigenvalue weighted by atomic mass is 32.1. The smallest absolute Gasteiger partial charge is 0.313 e. The Morgan fingerprint density at radius 2 is 1.92 bits per heavy atom. The Morgan fingerprint density at radius 3 is 2.50 bits per heavy atom. The predicted octanol–water partition coefficient (Wildman–Crippen LogP) is 2.78. The highest BCUT2D eigenvalue weighted by Crippen LogP contribution is 2.24. The highest BCUT2D eigenvalue weighted by Gasteiger charge is 2.18. The minimum Gasteiger partial charge on any atom is -0.374 e. The molecule has 1 unspecified atom stereocenters. The van der Waals surface area contributed by atoms with Crippen molar-refractivity contribution in [2.75, 3.05) is 19.0 Å². The summed E-state index contributed by atoms with van der Waals surface area (Å²) in [5.74, 6) is -4.01. The average molecular weight is 354 g/mol. The van der Waals surface area contributed by atoms with Crippen molar-refractivity contribution >= 4 is 28.8 Å². The van der Waals surface area contributed by atoms with Crippen molar-refractivity contribution < 1.29 is 23.1 Å². The van der Waals surface area contributed by atoms with Crippen LogP contribution in [0.4, 0.5) is 14.5 Å². The van der Waals surface area contributed by atoms with Crippen molar-refractivity contribution in [3.8, 4) is 0 Å². The molecule has 0 aliphatic carbocycles. The maximum atomic E-state index is 13.1. The molecule has 0 fully saturated rings. The second kappa shape index (κ2) is 7.98. The zero-order valence-electron chi connectivity index (χ0n) is 13.1. The molecule has 0 saturated heterocycles. The van der Waals surface area contributed by atoms with Gasteiger partial charge in [-0.15, -0.1) is 11.3 Å². The first-order chi connectivity index (χ1) is 11.4. The number of benzene rings is 1. The molecule has 24 heavy (non-hydrogen) atoms. The first-order valence-electron chi connectivity index (χ1n) is 7.04. The summed E-state index contributed by atoms with van der Waals surface area (Å²) in [6.07, 6.45) is -0.372. The van der Waals surface area contributed by atoms with E-state index in [1.165, 1.54) is 18.4 Å². The van der Waals surface area contributed by atoms with E-state index in [9.17, 15) is 18.4 Å². The van der Waals surface area contributed by atoms with E-state index in [-0.39, 0.29) is 18.3 Å². The van der Waals surface area contributed by atoms with E-state index in [1.807, 2.05) is 19.1 Å². The molecule has 0 saturated carbocycles. The van der Waals surface area contributed by atoms with Crippen molar-refractivity contribution in [2.45, 2.75) is 13.0 Å². The maximum absolute atomic E-state index is 13.1. The summed E-state index contributed by atoms with van der Waals surface area (Å²) in [6.45, 7) is 2.06. The largest absolute Gasteiger partial charge is 0.374 e. The molecule has 2 rings (SSSR count). The van der Waals surface area contributed by atoms with Gasteiger partial charge in [0.2, 0.25) is 0 Å². The number of rotatable bonds is 5. The SMILES string of the molecule is COC(CNC(=O)C(=O)Nc1ccc(F)c(F)c1)c1ccc(C)s1. The molecule has 2 aromatic rings. The number of carbonyl (C=O) groups excluding carboxylic acids is 2. The third kappa shape index (κ3) is 4.59. The molecule has 128 valence electrons. The van der Waals surface area contributed by atoms with E-state index in [4.69, 9.17) is 4.74 Å². The second-order valence-electron chi connectivity index (χ2n) is 4.97. The maximum Gasteiger partial charge on any atom is 0.313 e. The van der Waals surface area contributed by atoms with Crippen LogP contribution in [0, 0.1) is 18.6 Å². The third-order valence-corrected chi connectivity index (χ3v) is 4.29. The Labute approximate surface area is 141 Å². The molecule has 8 heteroatoms. The fourth-order valence-corrected chi connectivity index (χ4v) is 2.91. The van der Waals surface area contributed by atoms with Gasteiger partial charge < -0.3 is 15.4 Å². The molecular weight excluding hydrogens is 338 g/mol. The van der Waals surface area contributed by atoms with Crippen LogP contribution in [0.25, 0.3) is 0 Å². The molecule has 0 radical (unpaired) electrons.